The van der Waals surface area contributed by atoms with Gasteiger partial charge in [-0.05, 0) is 71.8 Å². The molecule has 4 amide bonds. The summed E-state index contributed by atoms with van der Waals surface area (Å²) >= 11 is 0. The number of methoxy groups -OCH3 is 2. The van der Waals surface area contributed by atoms with Gasteiger partial charge in [-0.3, -0.25) is 19.2 Å². The fourth-order valence-electron chi connectivity index (χ4n) is 6.96. The predicted octanol–water partition coefficient (Wildman–Crippen LogP) is 2.58. The van der Waals surface area contributed by atoms with Crippen molar-refractivity contribution in [2.75, 3.05) is 34.4 Å². The van der Waals surface area contributed by atoms with Crippen LogP contribution in [0.25, 0.3) is 0 Å². The number of rotatable bonds is 17. The molecule has 1 aliphatic heterocycles. The second-order valence-corrected chi connectivity index (χ2v) is 15.6. The Morgan fingerprint density at radius 3 is 2.16 bits per heavy atom. The lowest BCUT2D eigenvalue weighted by Gasteiger charge is -2.43. The van der Waals surface area contributed by atoms with Crippen LogP contribution in [0.4, 0.5) is 0 Å². The van der Waals surface area contributed by atoms with E-state index in [4.69, 9.17) is 19.9 Å². The van der Waals surface area contributed by atoms with Gasteiger partial charge in [-0.25, -0.2) is 4.79 Å². The molecule has 0 aromatic heterocycles. The quantitative estimate of drug-likeness (QED) is 0.205. The van der Waals surface area contributed by atoms with Crippen LogP contribution in [0, 0.1) is 11.8 Å². The Labute approximate surface area is 303 Å². The molecule has 1 saturated heterocycles. The third kappa shape index (κ3) is 11.7. The maximum Gasteiger partial charge on any atom is 0.329 e. The van der Waals surface area contributed by atoms with E-state index in [0.29, 0.717) is 13.0 Å². The highest BCUT2D eigenvalue weighted by molar-refractivity contribution is 5.89. The first-order valence-corrected chi connectivity index (χ1v) is 18.1. The van der Waals surface area contributed by atoms with Crippen molar-refractivity contribution in [2.24, 2.45) is 17.6 Å². The van der Waals surface area contributed by atoms with Gasteiger partial charge in [0.2, 0.25) is 23.6 Å². The molecular weight excluding hydrogens is 654 g/mol. The lowest BCUT2D eigenvalue weighted by Crippen LogP contribution is -2.57. The van der Waals surface area contributed by atoms with E-state index < -0.39 is 47.2 Å². The van der Waals surface area contributed by atoms with Crippen molar-refractivity contribution in [2.45, 2.75) is 128 Å². The molecule has 1 saturated carbocycles. The molecule has 1 aliphatic carbocycles. The SMILES string of the molecule is COC(CC(=O)N1CCCC1C(OC)C(C)C(=O)NC(Cc1ccccc1)C(=O)OC(C)(C)C)C(C1CCC1)N(C)C(=O)CNC(=O)C(C)(C)N. The van der Waals surface area contributed by atoms with Gasteiger partial charge in [0, 0.05) is 34.2 Å². The predicted molar refractivity (Wildman–Crippen MR) is 193 cm³/mol. The number of hydrogen-bond acceptors (Lipinski definition) is 9. The number of nitrogens with one attached hydrogen (secondary N) is 2. The highest BCUT2D eigenvalue weighted by atomic mass is 16.6. The average Bonchev–Trinajstić information content (AvgIpc) is 3.52. The zero-order valence-corrected chi connectivity index (χ0v) is 32.0. The van der Waals surface area contributed by atoms with Crippen molar-refractivity contribution in [3.8, 4) is 0 Å². The number of hydrogen-bond donors (Lipinski definition) is 3. The van der Waals surface area contributed by atoms with Crippen LogP contribution in [0.15, 0.2) is 30.3 Å². The molecule has 1 heterocycles. The summed E-state index contributed by atoms with van der Waals surface area (Å²) in [6.45, 7) is 10.5. The lowest BCUT2D eigenvalue weighted by atomic mass is 9.76. The second-order valence-electron chi connectivity index (χ2n) is 15.6. The summed E-state index contributed by atoms with van der Waals surface area (Å²) in [5.41, 5.74) is 4.89. The summed E-state index contributed by atoms with van der Waals surface area (Å²) in [5.74, 6) is -2.34. The van der Waals surface area contributed by atoms with Gasteiger partial charge in [0.25, 0.3) is 0 Å². The fourth-order valence-corrected chi connectivity index (χ4v) is 6.96. The standard InChI is InChI=1S/C38H61N5O8/c1-24(34(46)41-27(35(47)51-37(2,3)4)21-25-15-11-10-12-16-25)33(50-9)28-19-14-20-43(28)30(44)22-29(49-8)32(26-17-13-18-26)42(7)31(45)23-40-36(48)38(5,6)39/h10-12,15-16,24,26-29,32-33H,13-14,17-23,39H2,1-9H3,(H,40,48)(H,41,46). The molecule has 51 heavy (non-hydrogen) atoms. The maximum absolute atomic E-state index is 14.0. The van der Waals surface area contributed by atoms with E-state index in [0.717, 1.165) is 31.2 Å². The van der Waals surface area contributed by atoms with Gasteiger partial charge in [0.15, 0.2) is 0 Å². The molecule has 286 valence electrons. The number of amides is 4. The van der Waals surface area contributed by atoms with Crippen LogP contribution in [0.1, 0.15) is 85.6 Å². The maximum atomic E-state index is 14.0. The van der Waals surface area contributed by atoms with E-state index in [1.807, 2.05) is 30.3 Å². The van der Waals surface area contributed by atoms with Crippen molar-refractivity contribution in [1.82, 2.24) is 20.4 Å². The highest BCUT2D eigenvalue weighted by Gasteiger charge is 2.44. The summed E-state index contributed by atoms with van der Waals surface area (Å²) < 4.78 is 17.5. The third-order valence-electron chi connectivity index (χ3n) is 9.99. The zero-order valence-electron chi connectivity index (χ0n) is 32.0. The minimum absolute atomic E-state index is 0.0305. The number of benzene rings is 1. The van der Waals surface area contributed by atoms with E-state index in [1.54, 1.807) is 65.5 Å². The van der Waals surface area contributed by atoms with Crippen molar-refractivity contribution in [3.05, 3.63) is 35.9 Å². The van der Waals surface area contributed by atoms with Gasteiger partial charge in [-0.15, -0.1) is 0 Å². The van der Waals surface area contributed by atoms with Gasteiger partial charge >= 0.3 is 5.97 Å². The third-order valence-corrected chi connectivity index (χ3v) is 9.99. The van der Waals surface area contributed by atoms with E-state index in [-0.39, 0.29) is 55.1 Å². The van der Waals surface area contributed by atoms with Crippen molar-refractivity contribution < 1.29 is 38.2 Å². The minimum atomic E-state index is -1.12. The Morgan fingerprint density at radius 2 is 1.63 bits per heavy atom. The monoisotopic (exact) mass is 715 g/mol. The Bertz CT molecular complexity index is 1340. The lowest BCUT2D eigenvalue weighted by molar-refractivity contribution is -0.159. The first-order valence-electron chi connectivity index (χ1n) is 18.1. The first kappa shape index (κ1) is 41.9. The summed E-state index contributed by atoms with van der Waals surface area (Å²) in [6.07, 6.45) is 3.26. The second kappa shape index (κ2) is 18.3. The molecule has 1 aromatic carbocycles. The molecule has 0 bridgehead atoms. The smallest absolute Gasteiger partial charge is 0.329 e. The van der Waals surface area contributed by atoms with E-state index in [2.05, 4.69) is 10.6 Å². The molecule has 4 N–H and O–H groups in total. The number of likely N-dealkylation sites (N-methyl/N-ethyl adjacent to an activating group) is 1. The molecule has 3 rings (SSSR count). The number of nitrogens with two attached hydrogens (primary N) is 1. The molecule has 0 radical (unpaired) electrons. The first-order chi connectivity index (χ1) is 23.9. The number of likely N-dealkylation sites (tertiary alicyclic amines) is 1. The van der Waals surface area contributed by atoms with Crippen molar-refractivity contribution in [1.29, 1.82) is 0 Å². The topological polar surface area (TPSA) is 170 Å². The molecule has 13 nitrogen and oxygen atoms in total. The molecule has 13 heteroatoms. The minimum Gasteiger partial charge on any atom is -0.458 e. The molecule has 2 fully saturated rings. The Morgan fingerprint density at radius 1 is 0.980 bits per heavy atom. The zero-order chi connectivity index (χ0) is 38.1. The van der Waals surface area contributed by atoms with Crippen LogP contribution in [0.2, 0.25) is 0 Å². The van der Waals surface area contributed by atoms with E-state index in [9.17, 15) is 24.0 Å². The molecule has 1 aromatic rings. The highest BCUT2D eigenvalue weighted by Crippen LogP contribution is 2.36. The fraction of sp³-hybridized carbons (Fsp3) is 0.711. The number of carbonyl (C=O) groups excluding carboxylic acids is 5. The van der Waals surface area contributed by atoms with Crippen LogP contribution in [0.3, 0.4) is 0 Å². The average molecular weight is 716 g/mol. The summed E-state index contributed by atoms with van der Waals surface area (Å²) in [4.78, 5) is 70.0. The van der Waals surface area contributed by atoms with Gasteiger partial charge in [-0.1, -0.05) is 43.7 Å². The normalized spacial score (nSPS) is 19.6. The number of carbonyl (C=O) groups is 5. The summed E-state index contributed by atoms with van der Waals surface area (Å²) in [6, 6.07) is 7.75. The van der Waals surface area contributed by atoms with Gasteiger partial charge < -0.3 is 40.4 Å². The van der Waals surface area contributed by atoms with Crippen LogP contribution < -0.4 is 16.4 Å². The molecule has 6 atom stereocenters. The Kier molecular flexibility index (Phi) is 15.0. The van der Waals surface area contributed by atoms with Crippen molar-refractivity contribution in [3.63, 3.8) is 0 Å². The summed E-state index contributed by atoms with van der Waals surface area (Å²) in [7, 11) is 4.76. The summed E-state index contributed by atoms with van der Waals surface area (Å²) in [5, 5.41) is 5.53. The van der Waals surface area contributed by atoms with E-state index >= 15 is 0 Å². The molecular formula is C38H61N5O8. The van der Waals surface area contributed by atoms with Gasteiger partial charge in [0.1, 0.15) is 11.6 Å². The number of ether oxygens (including phenoxy) is 3. The number of nitrogens with zero attached hydrogens (tertiary/aromatic N) is 2. The van der Waals surface area contributed by atoms with Crippen LogP contribution in [-0.4, -0.2) is 115 Å². The Hall–Kier alpha value is -3.55. The van der Waals surface area contributed by atoms with Crippen LogP contribution >= 0.6 is 0 Å². The van der Waals surface area contributed by atoms with Crippen LogP contribution in [0.5, 0.6) is 0 Å². The molecule has 0 spiro atoms. The van der Waals surface area contributed by atoms with Crippen LogP contribution in [-0.2, 0) is 44.6 Å². The molecule has 2 aliphatic rings. The largest absolute Gasteiger partial charge is 0.458 e. The van der Waals surface area contributed by atoms with Gasteiger partial charge in [0.05, 0.1) is 48.7 Å². The molecule has 6 unspecified atom stereocenters. The van der Waals surface area contributed by atoms with Crippen molar-refractivity contribution >= 4 is 29.6 Å². The van der Waals surface area contributed by atoms with E-state index in [1.165, 1.54) is 7.11 Å². The van der Waals surface area contributed by atoms with Gasteiger partial charge in [-0.2, -0.15) is 0 Å². The number of esters is 1. The Balaban J connectivity index is 1.73.